The van der Waals surface area contributed by atoms with Gasteiger partial charge in [0.15, 0.2) is 0 Å². The van der Waals surface area contributed by atoms with Crippen LogP contribution < -0.4 is 10.6 Å². The smallest absolute Gasteiger partial charge is 0.238 e. The van der Waals surface area contributed by atoms with Gasteiger partial charge in [0.25, 0.3) is 0 Å². The molecule has 20 heavy (non-hydrogen) atoms. The number of benzene rings is 1. The second kappa shape index (κ2) is 7.09. The number of halogens is 2. The van der Waals surface area contributed by atoms with E-state index in [0.29, 0.717) is 10.7 Å². The zero-order valence-electron chi connectivity index (χ0n) is 10.8. The SMILES string of the molecule is CC(NCC(=O)Nc1cccc(Cl)c1)c1ccc(Cl)s1. The molecule has 2 rings (SSSR count). The van der Waals surface area contributed by atoms with E-state index in [4.69, 9.17) is 23.2 Å². The molecule has 1 amide bonds. The fraction of sp³-hybridized carbons (Fsp3) is 0.214. The first kappa shape index (κ1) is 15.3. The number of carbonyl (C=O) groups is 1. The van der Waals surface area contributed by atoms with E-state index < -0.39 is 0 Å². The van der Waals surface area contributed by atoms with Gasteiger partial charge in [0.2, 0.25) is 5.91 Å². The van der Waals surface area contributed by atoms with Gasteiger partial charge in [0.1, 0.15) is 0 Å². The van der Waals surface area contributed by atoms with E-state index in [1.165, 1.54) is 11.3 Å². The maximum atomic E-state index is 11.8. The van der Waals surface area contributed by atoms with Gasteiger partial charge in [-0.05, 0) is 37.3 Å². The number of hydrogen-bond acceptors (Lipinski definition) is 3. The zero-order chi connectivity index (χ0) is 14.5. The number of carbonyl (C=O) groups excluding carboxylic acids is 1. The predicted molar refractivity (Wildman–Crippen MR) is 85.8 cm³/mol. The minimum absolute atomic E-state index is 0.0811. The largest absolute Gasteiger partial charge is 0.325 e. The average Bonchev–Trinajstić information content (AvgIpc) is 2.83. The fourth-order valence-corrected chi connectivity index (χ4v) is 2.96. The number of nitrogens with one attached hydrogen (secondary N) is 2. The van der Waals surface area contributed by atoms with E-state index in [0.717, 1.165) is 9.21 Å². The van der Waals surface area contributed by atoms with E-state index >= 15 is 0 Å². The van der Waals surface area contributed by atoms with E-state index in [1.54, 1.807) is 24.3 Å². The Balaban J connectivity index is 1.83. The Labute approximate surface area is 131 Å². The average molecular weight is 329 g/mol. The molecule has 0 radical (unpaired) electrons. The molecule has 6 heteroatoms. The maximum Gasteiger partial charge on any atom is 0.238 e. The first-order valence-corrected chi connectivity index (χ1v) is 7.66. The summed E-state index contributed by atoms with van der Waals surface area (Å²) in [7, 11) is 0. The van der Waals surface area contributed by atoms with Gasteiger partial charge in [-0.3, -0.25) is 4.79 Å². The van der Waals surface area contributed by atoms with Gasteiger partial charge in [-0.2, -0.15) is 0 Å². The van der Waals surface area contributed by atoms with Gasteiger partial charge in [0.05, 0.1) is 10.9 Å². The number of rotatable bonds is 5. The number of amides is 1. The Hall–Kier alpha value is -1.07. The molecule has 106 valence electrons. The molecule has 1 unspecified atom stereocenters. The third-order valence-corrected chi connectivity index (χ3v) is 4.35. The fourth-order valence-electron chi connectivity index (χ4n) is 1.68. The molecule has 1 heterocycles. The minimum atomic E-state index is -0.109. The van der Waals surface area contributed by atoms with Crippen LogP contribution >= 0.6 is 34.5 Å². The topological polar surface area (TPSA) is 41.1 Å². The van der Waals surface area contributed by atoms with E-state index in [9.17, 15) is 4.79 Å². The van der Waals surface area contributed by atoms with Crippen LogP contribution in [-0.4, -0.2) is 12.5 Å². The van der Waals surface area contributed by atoms with Gasteiger partial charge in [0, 0.05) is 21.6 Å². The molecular weight excluding hydrogens is 315 g/mol. The molecule has 0 aliphatic carbocycles. The van der Waals surface area contributed by atoms with E-state index in [1.807, 2.05) is 19.1 Å². The summed E-state index contributed by atoms with van der Waals surface area (Å²) < 4.78 is 0.747. The van der Waals surface area contributed by atoms with Gasteiger partial charge in [-0.15, -0.1) is 11.3 Å². The lowest BCUT2D eigenvalue weighted by Crippen LogP contribution is -2.29. The monoisotopic (exact) mass is 328 g/mol. The van der Waals surface area contributed by atoms with Crippen LogP contribution in [0.15, 0.2) is 36.4 Å². The van der Waals surface area contributed by atoms with Crippen LogP contribution in [0.2, 0.25) is 9.36 Å². The molecule has 0 bridgehead atoms. The summed E-state index contributed by atoms with van der Waals surface area (Å²) in [4.78, 5) is 12.9. The highest BCUT2D eigenvalue weighted by atomic mass is 35.5. The van der Waals surface area contributed by atoms with Crippen LogP contribution in [0.4, 0.5) is 5.69 Å². The van der Waals surface area contributed by atoms with Crippen molar-refractivity contribution < 1.29 is 4.79 Å². The summed E-state index contributed by atoms with van der Waals surface area (Å²) >= 11 is 13.3. The molecular formula is C14H14Cl2N2OS. The van der Waals surface area contributed by atoms with Crippen LogP contribution in [0.5, 0.6) is 0 Å². The number of hydrogen-bond donors (Lipinski definition) is 2. The lowest BCUT2D eigenvalue weighted by Gasteiger charge is -2.12. The van der Waals surface area contributed by atoms with Gasteiger partial charge in [-0.25, -0.2) is 0 Å². The van der Waals surface area contributed by atoms with Crippen molar-refractivity contribution in [2.75, 3.05) is 11.9 Å². The van der Waals surface area contributed by atoms with Crippen LogP contribution in [0.25, 0.3) is 0 Å². The molecule has 0 saturated heterocycles. The molecule has 3 nitrogen and oxygen atoms in total. The van der Waals surface area contributed by atoms with Crippen molar-refractivity contribution in [3.63, 3.8) is 0 Å². The van der Waals surface area contributed by atoms with Crippen LogP contribution in [0, 0.1) is 0 Å². The molecule has 2 aromatic rings. The molecule has 2 N–H and O–H groups in total. The van der Waals surface area contributed by atoms with E-state index in [-0.39, 0.29) is 18.5 Å². The van der Waals surface area contributed by atoms with Crippen molar-refractivity contribution in [1.82, 2.24) is 5.32 Å². The van der Waals surface area contributed by atoms with Crippen molar-refractivity contribution in [2.45, 2.75) is 13.0 Å². The third kappa shape index (κ3) is 4.49. The van der Waals surface area contributed by atoms with Crippen LogP contribution in [0.3, 0.4) is 0 Å². The lowest BCUT2D eigenvalue weighted by atomic mass is 10.2. The lowest BCUT2D eigenvalue weighted by molar-refractivity contribution is -0.115. The maximum absolute atomic E-state index is 11.8. The van der Waals surface area contributed by atoms with Crippen molar-refractivity contribution in [1.29, 1.82) is 0 Å². The number of anilines is 1. The van der Waals surface area contributed by atoms with Crippen LogP contribution in [-0.2, 0) is 4.79 Å². The Morgan fingerprint density at radius 3 is 2.75 bits per heavy atom. The Bertz CT molecular complexity index is 600. The summed E-state index contributed by atoms with van der Waals surface area (Å²) in [5.74, 6) is -0.109. The van der Waals surface area contributed by atoms with Crippen molar-refractivity contribution in [3.05, 3.63) is 50.6 Å². The molecule has 1 aromatic carbocycles. The molecule has 0 aliphatic heterocycles. The quantitative estimate of drug-likeness (QED) is 0.856. The highest BCUT2D eigenvalue weighted by Gasteiger charge is 2.10. The second-order valence-electron chi connectivity index (χ2n) is 4.30. The normalized spacial score (nSPS) is 12.2. The highest BCUT2D eigenvalue weighted by Crippen LogP contribution is 2.26. The summed E-state index contributed by atoms with van der Waals surface area (Å²) in [5.41, 5.74) is 0.691. The van der Waals surface area contributed by atoms with Gasteiger partial charge >= 0.3 is 0 Å². The highest BCUT2D eigenvalue weighted by molar-refractivity contribution is 7.16. The zero-order valence-corrected chi connectivity index (χ0v) is 13.1. The summed E-state index contributed by atoms with van der Waals surface area (Å²) in [6.07, 6.45) is 0. The minimum Gasteiger partial charge on any atom is -0.325 e. The Morgan fingerprint density at radius 1 is 1.30 bits per heavy atom. The molecule has 1 atom stereocenters. The molecule has 0 aliphatic rings. The number of thiophene rings is 1. The van der Waals surface area contributed by atoms with Gasteiger partial charge in [-0.1, -0.05) is 29.3 Å². The summed E-state index contributed by atoms with van der Waals surface area (Å²) in [6, 6.07) is 11.0. The van der Waals surface area contributed by atoms with Crippen molar-refractivity contribution in [3.8, 4) is 0 Å². The first-order valence-electron chi connectivity index (χ1n) is 6.08. The van der Waals surface area contributed by atoms with Crippen LogP contribution in [0.1, 0.15) is 17.8 Å². The Morgan fingerprint density at radius 2 is 2.10 bits per heavy atom. The molecule has 0 fully saturated rings. The van der Waals surface area contributed by atoms with E-state index in [2.05, 4.69) is 10.6 Å². The summed E-state index contributed by atoms with van der Waals surface area (Å²) in [6.45, 7) is 2.22. The standard InChI is InChI=1S/C14H14Cl2N2OS/c1-9(12-5-6-13(16)20-12)17-8-14(19)18-11-4-2-3-10(15)7-11/h2-7,9,17H,8H2,1H3,(H,18,19). The van der Waals surface area contributed by atoms with Crippen molar-refractivity contribution >= 4 is 46.1 Å². The molecule has 0 spiro atoms. The van der Waals surface area contributed by atoms with Gasteiger partial charge < -0.3 is 10.6 Å². The third-order valence-electron chi connectivity index (χ3n) is 2.70. The molecule has 1 aromatic heterocycles. The predicted octanol–water partition coefficient (Wildman–Crippen LogP) is 4.34. The Kier molecular flexibility index (Phi) is 5.43. The summed E-state index contributed by atoms with van der Waals surface area (Å²) in [5, 5.41) is 6.53. The first-order chi connectivity index (χ1) is 9.54. The molecule has 0 saturated carbocycles. The van der Waals surface area contributed by atoms with Crippen molar-refractivity contribution in [2.24, 2.45) is 0 Å². The second-order valence-corrected chi connectivity index (χ2v) is 6.49.